The second-order valence-corrected chi connectivity index (χ2v) is 9.74. The molecule has 1 unspecified atom stereocenters. The number of aromatic nitrogens is 1. The number of hydrogen-bond donors (Lipinski definition) is 1. The third-order valence-electron chi connectivity index (χ3n) is 7.03. The maximum absolute atomic E-state index is 12.1. The van der Waals surface area contributed by atoms with Crippen LogP contribution in [0.15, 0.2) is 22.7 Å². The van der Waals surface area contributed by atoms with Gasteiger partial charge in [0, 0.05) is 50.4 Å². The van der Waals surface area contributed by atoms with Crippen LogP contribution in [0.3, 0.4) is 0 Å². The van der Waals surface area contributed by atoms with Crippen molar-refractivity contribution in [1.82, 2.24) is 15.4 Å². The minimum absolute atomic E-state index is 0.0201. The van der Waals surface area contributed by atoms with Crippen LogP contribution in [-0.2, 0) is 9.53 Å². The fraction of sp³-hybridized carbons (Fsp3) is 0.667. The molecule has 1 N–H and O–H groups in total. The van der Waals surface area contributed by atoms with Crippen LogP contribution in [0, 0.1) is 5.92 Å². The molecular weight excluding hydrogens is 428 g/mol. The summed E-state index contributed by atoms with van der Waals surface area (Å²) in [7, 11) is 1.65. The van der Waals surface area contributed by atoms with Gasteiger partial charge in [-0.25, -0.2) is 0 Å². The van der Waals surface area contributed by atoms with Gasteiger partial charge in [0.05, 0.1) is 17.9 Å². The predicted molar refractivity (Wildman–Crippen MR) is 127 cm³/mol. The van der Waals surface area contributed by atoms with Crippen LogP contribution >= 0.6 is 11.6 Å². The Morgan fingerprint density at radius 3 is 2.72 bits per heavy atom. The number of ether oxygens (including phenoxy) is 1. The zero-order valence-electron chi connectivity index (χ0n) is 19.2. The number of hydrogen-bond acceptors (Lipinski definition) is 6. The molecule has 4 rings (SSSR count). The van der Waals surface area contributed by atoms with Crippen molar-refractivity contribution in [3.05, 3.63) is 23.2 Å². The van der Waals surface area contributed by atoms with Crippen molar-refractivity contribution in [2.24, 2.45) is 5.92 Å². The number of anilines is 1. The lowest BCUT2D eigenvalue weighted by molar-refractivity contribution is -0.124. The number of piperazine rings is 1. The van der Waals surface area contributed by atoms with Crippen molar-refractivity contribution < 1.29 is 14.1 Å². The summed E-state index contributed by atoms with van der Waals surface area (Å²) >= 11 is 6.05. The van der Waals surface area contributed by atoms with Gasteiger partial charge in [0.15, 0.2) is 11.4 Å². The van der Waals surface area contributed by atoms with Gasteiger partial charge < -0.3 is 19.5 Å². The molecule has 1 aliphatic heterocycles. The second-order valence-electron chi connectivity index (χ2n) is 9.30. The van der Waals surface area contributed by atoms with Crippen LogP contribution in [0.4, 0.5) is 5.82 Å². The molecule has 176 valence electrons. The average Bonchev–Trinajstić information content (AvgIpc) is 3.21. The van der Waals surface area contributed by atoms with Gasteiger partial charge in [-0.2, -0.15) is 0 Å². The van der Waals surface area contributed by atoms with Gasteiger partial charge in [-0.15, -0.1) is 0 Å². The summed E-state index contributed by atoms with van der Waals surface area (Å²) < 4.78 is 10.7. The highest BCUT2D eigenvalue weighted by Crippen LogP contribution is 2.30. The first-order valence-corrected chi connectivity index (χ1v) is 12.2. The number of rotatable bonds is 8. The Balaban J connectivity index is 1.16. The molecule has 1 aromatic carbocycles. The van der Waals surface area contributed by atoms with Gasteiger partial charge in [-0.1, -0.05) is 16.8 Å². The van der Waals surface area contributed by atoms with Crippen LogP contribution in [-0.4, -0.2) is 67.9 Å². The van der Waals surface area contributed by atoms with E-state index < -0.39 is 0 Å². The van der Waals surface area contributed by atoms with E-state index in [2.05, 4.69) is 20.3 Å². The van der Waals surface area contributed by atoms with E-state index in [4.69, 9.17) is 20.9 Å². The van der Waals surface area contributed by atoms with Gasteiger partial charge in [0.25, 0.3) is 0 Å². The fourth-order valence-electron chi connectivity index (χ4n) is 4.90. The van der Waals surface area contributed by atoms with Gasteiger partial charge >= 0.3 is 0 Å². The third kappa shape index (κ3) is 5.94. The number of amides is 1. The lowest BCUT2D eigenvalue weighted by Gasteiger charge is -2.36. The first kappa shape index (κ1) is 23.3. The van der Waals surface area contributed by atoms with Crippen molar-refractivity contribution in [1.29, 1.82) is 0 Å². The number of halogens is 1. The number of carbonyl (C=O) groups is 1. The molecule has 2 heterocycles. The monoisotopic (exact) mass is 462 g/mol. The lowest BCUT2D eigenvalue weighted by Crippen LogP contribution is -2.47. The third-order valence-corrected chi connectivity index (χ3v) is 7.26. The number of benzene rings is 1. The zero-order valence-corrected chi connectivity index (χ0v) is 19.9. The summed E-state index contributed by atoms with van der Waals surface area (Å²) in [6.07, 6.45) is 6.26. The largest absolute Gasteiger partial charge is 0.381 e. The molecule has 7 nitrogen and oxygen atoms in total. The summed E-state index contributed by atoms with van der Waals surface area (Å²) in [5, 5.41) is 9.18. The summed E-state index contributed by atoms with van der Waals surface area (Å²) in [4.78, 5) is 17.0. The van der Waals surface area contributed by atoms with E-state index in [0.29, 0.717) is 17.5 Å². The van der Waals surface area contributed by atoms with E-state index in [9.17, 15) is 4.79 Å². The van der Waals surface area contributed by atoms with Gasteiger partial charge in [0.1, 0.15) is 0 Å². The van der Waals surface area contributed by atoms with E-state index in [1.54, 1.807) is 7.11 Å². The van der Waals surface area contributed by atoms with Crippen molar-refractivity contribution in [2.75, 3.05) is 44.7 Å². The smallest absolute Gasteiger partial charge is 0.222 e. The van der Waals surface area contributed by atoms with E-state index in [-0.39, 0.29) is 12.0 Å². The van der Waals surface area contributed by atoms with E-state index in [1.807, 2.05) is 25.1 Å². The minimum Gasteiger partial charge on any atom is -0.381 e. The highest BCUT2D eigenvalue weighted by atomic mass is 35.5. The van der Waals surface area contributed by atoms with Crippen molar-refractivity contribution >= 4 is 34.3 Å². The predicted octanol–water partition coefficient (Wildman–Crippen LogP) is 4.09. The van der Waals surface area contributed by atoms with E-state index >= 15 is 0 Å². The summed E-state index contributed by atoms with van der Waals surface area (Å²) in [6.45, 7) is 7.10. The fourth-order valence-corrected chi connectivity index (χ4v) is 5.06. The van der Waals surface area contributed by atoms with Crippen molar-refractivity contribution in [3.8, 4) is 0 Å². The average molecular weight is 463 g/mol. The first-order chi connectivity index (χ1) is 15.5. The number of methoxy groups -OCH3 is 1. The molecule has 0 radical (unpaired) electrons. The maximum Gasteiger partial charge on any atom is 0.222 e. The van der Waals surface area contributed by atoms with E-state index in [1.165, 1.54) is 19.3 Å². The number of carbonyl (C=O) groups excluding carboxylic acids is 1. The molecule has 1 aromatic heterocycles. The van der Waals surface area contributed by atoms with Gasteiger partial charge in [-0.3, -0.25) is 9.69 Å². The molecule has 1 saturated carbocycles. The Morgan fingerprint density at radius 1 is 1.25 bits per heavy atom. The normalized spacial score (nSPS) is 23.4. The molecule has 1 aliphatic carbocycles. The Hall–Kier alpha value is -1.83. The van der Waals surface area contributed by atoms with E-state index in [0.717, 1.165) is 68.3 Å². The molecule has 2 fully saturated rings. The summed E-state index contributed by atoms with van der Waals surface area (Å²) in [5.41, 5.74) is 0.745. The molecule has 2 aliphatic rings. The Morgan fingerprint density at radius 2 is 2.00 bits per heavy atom. The molecule has 0 bridgehead atoms. The molecule has 8 heteroatoms. The molecular formula is C24H35ClN4O3. The summed E-state index contributed by atoms with van der Waals surface area (Å²) in [6, 6.07) is 6.04. The van der Waals surface area contributed by atoms with Crippen LogP contribution in [0.1, 0.15) is 45.4 Å². The molecule has 1 atom stereocenters. The maximum atomic E-state index is 12.1. The van der Waals surface area contributed by atoms with Crippen LogP contribution in [0.25, 0.3) is 11.0 Å². The molecule has 1 saturated heterocycles. The molecule has 1 amide bonds. The Kier molecular flexibility index (Phi) is 7.92. The van der Waals surface area contributed by atoms with Gasteiger partial charge in [-0.05, 0) is 63.6 Å². The minimum atomic E-state index is -0.0201. The van der Waals surface area contributed by atoms with Crippen molar-refractivity contribution in [3.63, 3.8) is 0 Å². The van der Waals surface area contributed by atoms with Crippen LogP contribution in [0.5, 0.6) is 0 Å². The highest BCUT2D eigenvalue weighted by Gasteiger charge is 2.25. The highest BCUT2D eigenvalue weighted by molar-refractivity contribution is 6.31. The Labute approximate surface area is 195 Å². The molecule has 0 spiro atoms. The van der Waals surface area contributed by atoms with Crippen molar-refractivity contribution in [2.45, 2.75) is 57.6 Å². The molecule has 2 aromatic rings. The standard InChI is InChI=1S/C24H35ClN4O3/c1-17(31-2)15-23(30)26-20-6-3-18(4-7-20)9-10-28-11-13-29(14-12-28)24-21-8-5-19(25)16-22(21)32-27-24/h5,8,16-18,20H,3-4,6-7,9-15H2,1-2H3,(H,26,30). The first-order valence-electron chi connectivity index (χ1n) is 11.9. The van der Waals surface area contributed by atoms with Crippen LogP contribution < -0.4 is 10.2 Å². The van der Waals surface area contributed by atoms with Gasteiger partial charge in [0.2, 0.25) is 5.91 Å². The quantitative estimate of drug-likeness (QED) is 0.637. The second kappa shape index (κ2) is 10.9. The zero-order chi connectivity index (χ0) is 22.5. The Bertz CT molecular complexity index is 888. The molecule has 32 heavy (non-hydrogen) atoms. The summed E-state index contributed by atoms with van der Waals surface area (Å²) in [5.74, 6) is 1.81. The topological polar surface area (TPSA) is 70.8 Å². The number of nitrogens with one attached hydrogen (secondary N) is 1. The number of fused-ring (bicyclic) bond motifs is 1. The van der Waals surface area contributed by atoms with Crippen LogP contribution in [0.2, 0.25) is 5.02 Å². The SMILES string of the molecule is COC(C)CC(=O)NC1CCC(CCN2CCN(c3noc4cc(Cl)ccc34)CC2)CC1. The lowest BCUT2D eigenvalue weighted by atomic mass is 9.84. The number of nitrogens with zero attached hydrogens (tertiary/aromatic N) is 3.